The minimum Gasteiger partial charge on any atom is -0.508 e. The van der Waals surface area contributed by atoms with Crippen LogP contribution in [0.5, 0.6) is 5.75 Å². The third-order valence-electron chi connectivity index (χ3n) is 3.51. The molecule has 24 heavy (non-hydrogen) atoms. The van der Waals surface area contributed by atoms with Crippen molar-refractivity contribution in [2.45, 2.75) is 51.7 Å². The van der Waals surface area contributed by atoms with E-state index in [1.807, 2.05) is 0 Å². The summed E-state index contributed by atoms with van der Waals surface area (Å²) in [5.41, 5.74) is 0.155. The summed E-state index contributed by atoms with van der Waals surface area (Å²) in [7, 11) is 0. The predicted octanol–water partition coefficient (Wildman–Crippen LogP) is 2.78. The summed E-state index contributed by atoms with van der Waals surface area (Å²) >= 11 is 0. The Bertz CT molecular complexity index is 572. The maximum absolute atomic E-state index is 12.3. The fourth-order valence-corrected chi connectivity index (χ4v) is 2.10. The first-order valence-electron chi connectivity index (χ1n) is 8.17. The Kier molecular flexibility index (Phi) is 5.70. The van der Waals surface area contributed by atoms with Gasteiger partial charge in [-0.15, -0.1) is 0 Å². The molecule has 0 spiro atoms. The van der Waals surface area contributed by atoms with Crippen molar-refractivity contribution in [3.8, 4) is 5.75 Å². The number of amides is 1. The fourth-order valence-electron chi connectivity index (χ4n) is 2.10. The maximum Gasteiger partial charge on any atom is 0.408 e. The van der Waals surface area contributed by atoms with E-state index in [4.69, 9.17) is 9.47 Å². The number of alkyl carbamates (subject to hydrolysis) is 1. The first-order valence-corrected chi connectivity index (χ1v) is 8.17. The van der Waals surface area contributed by atoms with Crippen LogP contribution < -0.4 is 5.32 Å². The number of phenols is 1. The Balaban J connectivity index is 2.00. The van der Waals surface area contributed by atoms with Crippen LogP contribution in [0.1, 0.15) is 39.2 Å². The second-order valence-electron chi connectivity index (χ2n) is 7.14. The molecule has 1 amide bonds. The van der Waals surface area contributed by atoms with E-state index in [-0.39, 0.29) is 12.2 Å². The lowest BCUT2D eigenvalue weighted by Crippen LogP contribution is -2.45. The number of nitrogens with one attached hydrogen (secondary N) is 1. The van der Waals surface area contributed by atoms with Gasteiger partial charge in [-0.1, -0.05) is 12.1 Å². The number of ether oxygens (including phenoxy) is 2. The average Bonchev–Trinajstić information content (AvgIpc) is 3.28. The number of hydrogen-bond donors (Lipinski definition) is 2. The Morgan fingerprint density at radius 2 is 1.88 bits per heavy atom. The van der Waals surface area contributed by atoms with Crippen LogP contribution in [0.2, 0.25) is 0 Å². The number of carbonyl (C=O) groups excluding carboxylic acids is 2. The van der Waals surface area contributed by atoms with E-state index in [1.165, 1.54) is 12.1 Å². The number of benzene rings is 1. The highest BCUT2D eigenvalue weighted by atomic mass is 16.6. The van der Waals surface area contributed by atoms with Crippen molar-refractivity contribution >= 4 is 12.1 Å². The van der Waals surface area contributed by atoms with Crippen LogP contribution in [0.15, 0.2) is 24.3 Å². The normalized spacial score (nSPS) is 15.5. The highest BCUT2D eigenvalue weighted by molar-refractivity contribution is 5.81. The van der Waals surface area contributed by atoms with E-state index in [2.05, 4.69) is 5.32 Å². The van der Waals surface area contributed by atoms with Crippen LogP contribution in [0.3, 0.4) is 0 Å². The van der Waals surface area contributed by atoms with E-state index in [0.29, 0.717) is 12.5 Å². The third kappa shape index (κ3) is 6.48. The minimum atomic E-state index is -0.830. The van der Waals surface area contributed by atoms with Crippen molar-refractivity contribution in [2.24, 2.45) is 5.92 Å². The van der Waals surface area contributed by atoms with Crippen LogP contribution in [0, 0.1) is 5.92 Å². The van der Waals surface area contributed by atoms with Gasteiger partial charge in [0.05, 0.1) is 6.61 Å². The van der Waals surface area contributed by atoms with E-state index < -0.39 is 23.7 Å². The molecule has 6 heteroatoms. The van der Waals surface area contributed by atoms with Crippen molar-refractivity contribution < 1.29 is 24.2 Å². The molecule has 0 saturated heterocycles. The van der Waals surface area contributed by atoms with Gasteiger partial charge in [0.25, 0.3) is 0 Å². The van der Waals surface area contributed by atoms with Gasteiger partial charge in [-0.3, -0.25) is 0 Å². The molecule has 1 fully saturated rings. The van der Waals surface area contributed by atoms with Crippen molar-refractivity contribution in [3.05, 3.63) is 29.8 Å². The lowest BCUT2D eigenvalue weighted by molar-refractivity contribution is -0.146. The summed E-state index contributed by atoms with van der Waals surface area (Å²) in [4.78, 5) is 24.3. The van der Waals surface area contributed by atoms with Crippen molar-refractivity contribution in [3.63, 3.8) is 0 Å². The van der Waals surface area contributed by atoms with Crippen LogP contribution in [0.4, 0.5) is 4.79 Å². The summed E-state index contributed by atoms with van der Waals surface area (Å²) < 4.78 is 10.5. The standard InChI is InChI=1S/C18H25NO5/c1-18(2,3)24-17(22)19-15(16(21)23-11-13-4-5-13)10-12-6-8-14(20)9-7-12/h6-9,13,15,20H,4-5,10-11H2,1-3H3,(H,19,22)/t15-/m1/s1. The van der Waals surface area contributed by atoms with Crippen LogP contribution in [-0.4, -0.2) is 35.4 Å². The Labute approximate surface area is 142 Å². The number of carbonyl (C=O) groups is 2. The first-order chi connectivity index (χ1) is 11.2. The molecule has 1 saturated carbocycles. The molecule has 2 N–H and O–H groups in total. The molecule has 132 valence electrons. The topological polar surface area (TPSA) is 84.9 Å². The number of aromatic hydroxyl groups is 1. The molecule has 0 heterocycles. The van der Waals surface area contributed by atoms with Gasteiger partial charge in [-0.25, -0.2) is 9.59 Å². The summed E-state index contributed by atoms with van der Waals surface area (Å²) in [6, 6.07) is 5.65. The smallest absolute Gasteiger partial charge is 0.408 e. The lowest BCUT2D eigenvalue weighted by atomic mass is 10.1. The first kappa shape index (κ1) is 18.1. The van der Waals surface area contributed by atoms with Gasteiger partial charge >= 0.3 is 12.1 Å². The van der Waals surface area contributed by atoms with Crippen molar-refractivity contribution in [1.29, 1.82) is 0 Å². The van der Waals surface area contributed by atoms with Gasteiger partial charge in [0.2, 0.25) is 0 Å². The summed E-state index contributed by atoms with van der Waals surface area (Å²) in [6.07, 6.45) is 1.77. The van der Waals surface area contributed by atoms with E-state index in [9.17, 15) is 14.7 Å². The molecule has 0 bridgehead atoms. The SMILES string of the molecule is CC(C)(C)OC(=O)N[C@H](Cc1ccc(O)cc1)C(=O)OCC1CC1. The number of rotatable bonds is 6. The highest BCUT2D eigenvalue weighted by Crippen LogP contribution is 2.29. The summed E-state index contributed by atoms with van der Waals surface area (Å²) in [5.74, 6) is 0.123. The Morgan fingerprint density at radius 1 is 1.25 bits per heavy atom. The van der Waals surface area contributed by atoms with Gasteiger partial charge in [-0.2, -0.15) is 0 Å². The van der Waals surface area contributed by atoms with Gasteiger partial charge < -0.3 is 19.9 Å². The zero-order valence-corrected chi connectivity index (χ0v) is 14.4. The molecular formula is C18H25NO5. The molecule has 1 aromatic rings. The van der Waals surface area contributed by atoms with E-state index in [1.54, 1.807) is 32.9 Å². The minimum absolute atomic E-state index is 0.145. The van der Waals surface area contributed by atoms with E-state index >= 15 is 0 Å². The third-order valence-corrected chi connectivity index (χ3v) is 3.51. The fraction of sp³-hybridized carbons (Fsp3) is 0.556. The van der Waals surface area contributed by atoms with Gasteiger partial charge in [0.15, 0.2) is 0 Å². The molecule has 2 rings (SSSR count). The molecule has 1 aromatic carbocycles. The molecule has 1 aliphatic carbocycles. The van der Waals surface area contributed by atoms with Crippen molar-refractivity contribution in [2.75, 3.05) is 6.61 Å². The Hall–Kier alpha value is -2.24. The second-order valence-corrected chi connectivity index (χ2v) is 7.14. The van der Waals surface area contributed by atoms with Gasteiger partial charge in [0, 0.05) is 6.42 Å². The number of hydrogen-bond acceptors (Lipinski definition) is 5. The second kappa shape index (κ2) is 7.55. The molecule has 0 unspecified atom stereocenters. The molecule has 0 aromatic heterocycles. The molecule has 0 radical (unpaired) electrons. The van der Waals surface area contributed by atoms with Gasteiger partial charge in [0.1, 0.15) is 17.4 Å². The van der Waals surface area contributed by atoms with E-state index in [0.717, 1.165) is 18.4 Å². The predicted molar refractivity (Wildman–Crippen MR) is 88.7 cm³/mol. The Morgan fingerprint density at radius 3 is 2.42 bits per heavy atom. The zero-order valence-electron chi connectivity index (χ0n) is 14.4. The largest absolute Gasteiger partial charge is 0.508 e. The molecule has 6 nitrogen and oxygen atoms in total. The molecule has 1 atom stereocenters. The van der Waals surface area contributed by atoms with Crippen molar-refractivity contribution in [1.82, 2.24) is 5.32 Å². The molecular weight excluding hydrogens is 310 g/mol. The highest BCUT2D eigenvalue weighted by Gasteiger charge is 2.28. The molecule has 0 aliphatic heterocycles. The van der Waals surface area contributed by atoms with Gasteiger partial charge in [-0.05, 0) is 57.2 Å². The number of phenolic OH excluding ortho intramolecular Hbond substituents is 1. The average molecular weight is 335 g/mol. The van der Waals surface area contributed by atoms with Crippen LogP contribution in [0.25, 0.3) is 0 Å². The zero-order chi connectivity index (χ0) is 17.7. The maximum atomic E-state index is 12.3. The summed E-state index contributed by atoms with van der Waals surface area (Å²) in [6.45, 7) is 5.66. The van der Waals surface area contributed by atoms with Crippen LogP contribution in [-0.2, 0) is 20.7 Å². The van der Waals surface area contributed by atoms with Crippen LogP contribution >= 0.6 is 0 Å². The summed E-state index contributed by atoms with van der Waals surface area (Å²) in [5, 5.41) is 11.9. The molecule has 1 aliphatic rings. The number of esters is 1. The lowest BCUT2D eigenvalue weighted by Gasteiger charge is -2.23. The monoisotopic (exact) mass is 335 g/mol. The quantitative estimate of drug-likeness (QED) is 0.781.